The van der Waals surface area contributed by atoms with Gasteiger partial charge >= 0.3 is 5.97 Å². The summed E-state index contributed by atoms with van der Waals surface area (Å²) < 4.78 is 17.7. The van der Waals surface area contributed by atoms with Gasteiger partial charge in [0.15, 0.2) is 11.5 Å². The molecule has 176 valence electrons. The van der Waals surface area contributed by atoms with Crippen LogP contribution >= 0.6 is 34.8 Å². The Morgan fingerprint density at radius 3 is 2.00 bits per heavy atom. The number of unbranched alkanes of at least 4 members (excludes halogenated alkanes) is 2. The number of fused-ring (bicyclic) bond motifs is 1. The normalized spacial score (nSPS) is 10.9. The number of hydrogen-bond acceptors (Lipinski definition) is 5. The van der Waals surface area contributed by atoms with Crippen LogP contribution in [0.15, 0.2) is 36.4 Å². The van der Waals surface area contributed by atoms with E-state index >= 15 is 0 Å². The zero-order valence-electron chi connectivity index (χ0n) is 18.4. The van der Waals surface area contributed by atoms with Crippen LogP contribution in [0.5, 0.6) is 23.0 Å². The molecule has 0 aliphatic carbocycles. The lowest BCUT2D eigenvalue weighted by molar-refractivity contribution is 0.0729. The van der Waals surface area contributed by atoms with Crippen LogP contribution in [-0.2, 0) is 0 Å². The number of aromatic hydroxyl groups is 1. The van der Waals surface area contributed by atoms with Crippen molar-refractivity contribution in [3.8, 4) is 23.0 Å². The van der Waals surface area contributed by atoms with Gasteiger partial charge in [0.05, 0.1) is 18.8 Å². The van der Waals surface area contributed by atoms with E-state index in [1.807, 2.05) is 13.8 Å². The Kier molecular flexibility index (Phi) is 8.95. The number of carbonyl (C=O) groups is 1. The summed E-state index contributed by atoms with van der Waals surface area (Å²) in [6.45, 7) is 4.78. The van der Waals surface area contributed by atoms with E-state index < -0.39 is 5.97 Å². The van der Waals surface area contributed by atoms with Gasteiger partial charge in [0, 0.05) is 25.8 Å². The first-order valence-electron chi connectivity index (χ1n) is 10.8. The van der Waals surface area contributed by atoms with E-state index in [0.717, 1.165) is 25.7 Å². The number of ether oxygens (including phenoxy) is 3. The largest absolute Gasteiger partial charge is 0.504 e. The minimum Gasteiger partial charge on any atom is -0.504 e. The maximum Gasteiger partial charge on any atom is 0.343 e. The molecule has 0 bridgehead atoms. The van der Waals surface area contributed by atoms with Crippen molar-refractivity contribution in [1.82, 2.24) is 0 Å². The monoisotopic (exact) mass is 510 g/mol. The second kappa shape index (κ2) is 11.7. The summed E-state index contributed by atoms with van der Waals surface area (Å²) in [5.74, 6) is -0.412. The van der Waals surface area contributed by atoms with Crippen molar-refractivity contribution in [1.29, 1.82) is 0 Å². The van der Waals surface area contributed by atoms with Gasteiger partial charge in [0.25, 0.3) is 0 Å². The molecule has 0 aliphatic rings. The van der Waals surface area contributed by atoms with Gasteiger partial charge in [-0.2, -0.15) is 0 Å². The first-order valence-corrected chi connectivity index (χ1v) is 11.9. The summed E-state index contributed by atoms with van der Waals surface area (Å²) in [4.78, 5) is 13.1. The third kappa shape index (κ3) is 6.17. The average Bonchev–Trinajstić information content (AvgIpc) is 2.77. The first kappa shape index (κ1) is 25.3. The van der Waals surface area contributed by atoms with Crippen LogP contribution in [0.3, 0.4) is 0 Å². The number of benzene rings is 3. The number of phenolic OH excluding ortho intramolecular Hbond substituents is 1. The summed E-state index contributed by atoms with van der Waals surface area (Å²) in [6, 6.07) is 9.33. The predicted molar refractivity (Wildman–Crippen MR) is 133 cm³/mol. The Morgan fingerprint density at radius 2 is 1.39 bits per heavy atom. The molecule has 8 heteroatoms. The molecule has 0 radical (unpaired) electrons. The Morgan fingerprint density at radius 1 is 0.788 bits per heavy atom. The molecule has 0 amide bonds. The maximum atomic E-state index is 13.1. The van der Waals surface area contributed by atoms with Gasteiger partial charge in [-0.1, -0.05) is 61.5 Å². The van der Waals surface area contributed by atoms with Crippen LogP contribution in [-0.4, -0.2) is 24.3 Å². The lowest BCUT2D eigenvalue weighted by atomic mass is 10.1. The fraction of sp³-hybridized carbons (Fsp3) is 0.320. The zero-order chi connectivity index (χ0) is 24.0. The highest BCUT2D eigenvalue weighted by Crippen LogP contribution is 2.51. The number of phenols is 1. The quantitative estimate of drug-likeness (QED) is 0.169. The minimum atomic E-state index is -0.689. The molecule has 3 aromatic carbocycles. The molecule has 0 saturated carbocycles. The summed E-state index contributed by atoms with van der Waals surface area (Å²) in [5.41, 5.74) is 0.170. The van der Waals surface area contributed by atoms with Gasteiger partial charge in [-0.15, -0.1) is 0 Å². The van der Waals surface area contributed by atoms with Crippen molar-refractivity contribution in [3.63, 3.8) is 0 Å². The molecule has 0 fully saturated rings. The van der Waals surface area contributed by atoms with Crippen LogP contribution < -0.4 is 14.2 Å². The number of carbonyl (C=O) groups excluding carboxylic acids is 1. The van der Waals surface area contributed by atoms with E-state index in [1.54, 1.807) is 18.2 Å². The SMILES string of the molecule is CCCCOc1c(OCCCC)c(OC(=O)c2cc(Cl)cc(Cl)c2)c2cc(Cl)ccc2c1O. The van der Waals surface area contributed by atoms with Crippen molar-refractivity contribution in [2.75, 3.05) is 13.2 Å². The lowest BCUT2D eigenvalue weighted by Crippen LogP contribution is -2.12. The molecule has 3 rings (SSSR count). The van der Waals surface area contributed by atoms with E-state index in [9.17, 15) is 9.90 Å². The highest BCUT2D eigenvalue weighted by Gasteiger charge is 2.26. The van der Waals surface area contributed by atoms with Crippen LogP contribution in [0.2, 0.25) is 15.1 Å². The van der Waals surface area contributed by atoms with Crippen LogP contribution in [0, 0.1) is 0 Å². The fourth-order valence-electron chi connectivity index (χ4n) is 3.19. The summed E-state index contributed by atoms with van der Waals surface area (Å²) >= 11 is 18.3. The lowest BCUT2D eigenvalue weighted by Gasteiger charge is -2.20. The molecular formula is C25H25Cl3O5. The molecular weight excluding hydrogens is 487 g/mol. The van der Waals surface area contributed by atoms with Crippen molar-refractivity contribution in [2.24, 2.45) is 0 Å². The zero-order valence-corrected chi connectivity index (χ0v) is 20.7. The fourth-order valence-corrected chi connectivity index (χ4v) is 3.89. The smallest absolute Gasteiger partial charge is 0.343 e. The van der Waals surface area contributed by atoms with Crippen LogP contribution in [0.1, 0.15) is 49.9 Å². The summed E-state index contributed by atoms with van der Waals surface area (Å²) in [6.07, 6.45) is 3.35. The maximum absolute atomic E-state index is 13.1. The Balaban J connectivity index is 2.17. The van der Waals surface area contributed by atoms with E-state index in [-0.39, 0.29) is 28.6 Å². The van der Waals surface area contributed by atoms with Crippen molar-refractivity contribution in [3.05, 3.63) is 57.0 Å². The second-order valence-corrected chi connectivity index (χ2v) is 8.79. The molecule has 3 aromatic rings. The minimum absolute atomic E-state index is 0.102. The predicted octanol–water partition coefficient (Wildman–Crippen LogP) is 8.08. The highest BCUT2D eigenvalue weighted by atomic mass is 35.5. The molecule has 0 unspecified atom stereocenters. The Hall–Kier alpha value is -2.34. The van der Waals surface area contributed by atoms with Crippen molar-refractivity contribution >= 4 is 51.5 Å². The Labute approximate surface area is 208 Å². The second-order valence-electron chi connectivity index (χ2n) is 7.48. The van der Waals surface area contributed by atoms with Crippen LogP contribution in [0.25, 0.3) is 10.8 Å². The van der Waals surface area contributed by atoms with Gasteiger partial charge in [-0.05, 0) is 49.2 Å². The third-order valence-electron chi connectivity index (χ3n) is 4.89. The molecule has 0 heterocycles. The van der Waals surface area contributed by atoms with Crippen molar-refractivity contribution < 1.29 is 24.1 Å². The number of hydrogen-bond donors (Lipinski definition) is 1. The summed E-state index contributed by atoms with van der Waals surface area (Å²) in [7, 11) is 0. The molecule has 0 atom stereocenters. The number of halogens is 3. The first-order chi connectivity index (χ1) is 15.8. The van der Waals surface area contributed by atoms with Gasteiger partial charge in [-0.25, -0.2) is 4.79 Å². The topological polar surface area (TPSA) is 65.0 Å². The molecule has 0 aromatic heterocycles. The average molecular weight is 512 g/mol. The van der Waals surface area contributed by atoms with E-state index in [4.69, 9.17) is 49.0 Å². The molecule has 33 heavy (non-hydrogen) atoms. The van der Waals surface area contributed by atoms with Crippen molar-refractivity contribution in [2.45, 2.75) is 39.5 Å². The van der Waals surface area contributed by atoms with E-state index in [1.165, 1.54) is 18.2 Å². The highest BCUT2D eigenvalue weighted by molar-refractivity contribution is 6.35. The standard InChI is InChI=1S/C25H25Cl3O5/c1-3-5-9-31-23-21(29)19-8-7-16(26)14-20(19)22(24(23)32-10-6-4-2)33-25(30)15-11-17(27)13-18(28)12-15/h7-8,11-14,29H,3-6,9-10H2,1-2H3. The van der Waals surface area contributed by atoms with Gasteiger partial charge < -0.3 is 19.3 Å². The molecule has 0 saturated heterocycles. The van der Waals surface area contributed by atoms with Gasteiger partial charge in [0.1, 0.15) is 0 Å². The summed E-state index contributed by atoms with van der Waals surface area (Å²) in [5, 5.41) is 12.8. The van der Waals surface area contributed by atoms with Gasteiger partial charge in [-0.3, -0.25) is 0 Å². The van der Waals surface area contributed by atoms with Gasteiger partial charge in [0.2, 0.25) is 11.5 Å². The number of esters is 1. The van der Waals surface area contributed by atoms with Crippen LogP contribution in [0.4, 0.5) is 0 Å². The number of rotatable bonds is 10. The van der Waals surface area contributed by atoms with E-state index in [2.05, 4.69) is 0 Å². The third-order valence-corrected chi connectivity index (χ3v) is 5.56. The Bertz CT molecular complexity index is 1130. The molecule has 5 nitrogen and oxygen atoms in total. The molecule has 1 N–H and O–H groups in total. The molecule has 0 aliphatic heterocycles. The van der Waals surface area contributed by atoms with E-state index in [0.29, 0.717) is 39.1 Å². The molecule has 0 spiro atoms.